The molecule has 98 valence electrons. The summed E-state index contributed by atoms with van der Waals surface area (Å²) in [5.74, 6) is 0.666. The molecule has 1 aliphatic rings. The van der Waals surface area contributed by atoms with E-state index in [9.17, 15) is 4.79 Å². The third kappa shape index (κ3) is 3.73. The van der Waals surface area contributed by atoms with Gasteiger partial charge in [0, 0.05) is 17.6 Å². The summed E-state index contributed by atoms with van der Waals surface area (Å²) in [6.45, 7) is 1.39. The van der Waals surface area contributed by atoms with Crippen LogP contribution in [0.3, 0.4) is 0 Å². The maximum Gasteiger partial charge on any atom is 0.407 e. The first-order valence-corrected chi connectivity index (χ1v) is 7.17. The lowest BCUT2D eigenvalue weighted by Gasteiger charge is -2.29. The highest BCUT2D eigenvalue weighted by Gasteiger charge is 2.21. The van der Waals surface area contributed by atoms with Crippen molar-refractivity contribution in [2.24, 2.45) is 5.92 Å². The molecule has 18 heavy (non-hydrogen) atoms. The lowest BCUT2D eigenvalue weighted by atomic mass is 9.91. The molecule has 1 amide bonds. The van der Waals surface area contributed by atoms with Crippen LogP contribution in [0.1, 0.15) is 24.8 Å². The highest BCUT2D eigenvalue weighted by molar-refractivity contribution is 9.10. The summed E-state index contributed by atoms with van der Waals surface area (Å²) in [6.07, 6.45) is 3.46. The summed E-state index contributed by atoms with van der Waals surface area (Å²) in [5, 5.41) is 8.88. The minimum absolute atomic E-state index is 0.666. The number of nitrogens with zero attached hydrogens (tertiary/aromatic N) is 1. The van der Waals surface area contributed by atoms with Crippen LogP contribution >= 0.6 is 15.9 Å². The van der Waals surface area contributed by atoms with E-state index in [0.29, 0.717) is 19.0 Å². The lowest BCUT2D eigenvalue weighted by Crippen LogP contribution is -2.37. The van der Waals surface area contributed by atoms with E-state index in [-0.39, 0.29) is 0 Å². The van der Waals surface area contributed by atoms with Gasteiger partial charge in [-0.05, 0) is 49.3 Å². The Kier molecular flexibility index (Phi) is 4.64. The first kappa shape index (κ1) is 13.4. The fraction of sp³-hybridized carbons (Fsp3) is 0.500. The van der Waals surface area contributed by atoms with Gasteiger partial charge in [-0.15, -0.1) is 0 Å². The molecule has 1 saturated heterocycles. The molecule has 1 aromatic rings. The largest absolute Gasteiger partial charge is 0.465 e. The second kappa shape index (κ2) is 6.23. The molecule has 2 rings (SSSR count). The monoisotopic (exact) mass is 311 g/mol. The van der Waals surface area contributed by atoms with Gasteiger partial charge >= 0.3 is 6.09 Å². The van der Waals surface area contributed by atoms with Crippen molar-refractivity contribution < 1.29 is 9.90 Å². The van der Waals surface area contributed by atoms with Crippen LogP contribution in [0.4, 0.5) is 4.79 Å². The Morgan fingerprint density at radius 2 is 2.11 bits per heavy atom. The maximum atomic E-state index is 10.8. The molecule has 1 heterocycles. The van der Waals surface area contributed by atoms with E-state index in [1.807, 2.05) is 6.07 Å². The summed E-state index contributed by atoms with van der Waals surface area (Å²) < 4.78 is 1.13. The minimum Gasteiger partial charge on any atom is -0.465 e. The first-order valence-electron chi connectivity index (χ1n) is 6.37. The number of hydrogen-bond donors (Lipinski definition) is 1. The van der Waals surface area contributed by atoms with Crippen LogP contribution in [-0.4, -0.2) is 29.2 Å². The molecule has 1 aliphatic heterocycles. The number of amides is 1. The van der Waals surface area contributed by atoms with E-state index in [1.54, 1.807) is 0 Å². The van der Waals surface area contributed by atoms with E-state index in [2.05, 4.69) is 34.1 Å². The van der Waals surface area contributed by atoms with Crippen molar-refractivity contribution >= 4 is 22.0 Å². The SMILES string of the molecule is O=C(O)N1CCC(CCc2cccc(Br)c2)CC1. The van der Waals surface area contributed by atoms with Crippen LogP contribution in [-0.2, 0) is 6.42 Å². The molecule has 0 bridgehead atoms. The molecule has 4 heteroatoms. The van der Waals surface area contributed by atoms with Crippen molar-refractivity contribution in [3.05, 3.63) is 34.3 Å². The average molecular weight is 312 g/mol. The fourth-order valence-corrected chi connectivity index (χ4v) is 2.92. The van der Waals surface area contributed by atoms with E-state index in [0.717, 1.165) is 30.2 Å². The molecule has 0 spiro atoms. The van der Waals surface area contributed by atoms with E-state index < -0.39 is 6.09 Å². The van der Waals surface area contributed by atoms with E-state index in [1.165, 1.54) is 10.5 Å². The molecule has 1 fully saturated rings. The molecular formula is C14H18BrNO2. The van der Waals surface area contributed by atoms with Crippen molar-refractivity contribution in [2.45, 2.75) is 25.7 Å². The quantitative estimate of drug-likeness (QED) is 0.923. The standard InChI is InChI=1S/C14H18BrNO2/c15-13-3-1-2-12(10-13)5-4-11-6-8-16(9-7-11)14(17)18/h1-3,10-11H,4-9H2,(H,17,18). The van der Waals surface area contributed by atoms with Crippen molar-refractivity contribution in [3.8, 4) is 0 Å². The Labute approximate surface area is 116 Å². The van der Waals surface area contributed by atoms with Crippen LogP contribution in [0.15, 0.2) is 28.7 Å². The zero-order chi connectivity index (χ0) is 13.0. The number of carboxylic acid groups (broad SMARTS) is 1. The Balaban J connectivity index is 1.77. The van der Waals surface area contributed by atoms with Crippen molar-refractivity contribution in [3.63, 3.8) is 0 Å². The summed E-state index contributed by atoms with van der Waals surface area (Å²) in [4.78, 5) is 12.3. The topological polar surface area (TPSA) is 40.5 Å². The Morgan fingerprint density at radius 1 is 1.39 bits per heavy atom. The lowest BCUT2D eigenvalue weighted by molar-refractivity contribution is 0.123. The van der Waals surface area contributed by atoms with Crippen LogP contribution in [0.25, 0.3) is 0 Å². The number of halogens is 1. The van der Waals surface area contributed by atoms with Gasteiger partial charge in [0.1, 0.15) is 0 Å². The number of rotatable bonds is 3. The zero-order valence-corrected chi connectivity index (χ0v) is 11.9. The first-order chi connectivity index (χ1) is 8.65. The van der Waals surface area contributed by atoms with Gasteiger partial charge < -0.3 is 10.0 Å². The molecule has 0 atom stereocenters. The van der Waals surface area contributed by atoms with Gasteiger partial charge in [-0.3, -0.25) is 0 Å². The molecule has 0 aliphatic carbocycles. The van der Waals surface area contributed by atoms with Gasteiger partial charge in [0.25, 0.3) is 0 Å². The molecular weight excluding hydrogens is 294 g/mol. The molecule has 0 radical (unpaired) electrons. The number of piperidine rings is 1. The van der Waals surface area contributed by atoms with Gasteiger partial charge in [-0.1, -0.05) is 28.1 Å². The third-order valence-electron chi connectivity index (χ3n) is 3.62. The van der Waals surface area contributed by atoms with Crippen LogP contribution in [0, 0.1) is 5.92 Å². The average Bonchev–Trinajstić information content (AvgIpc) is 2.37. The fourth-order valence-electron chi connectivity index (χ4n) is 2.48. The second-order valence-electron chi connectivity index (χ2n) is 4.88. The summed E-state index contributed by atoms with van der Waals surface area (Å²) >= 11 is 3.48. The summed E-state index contributed by atoms with van der Waals surface area (Å²) in [7, 11) is 0. The van der Waals surface area contributed by atoms with Gasteiger partial charge in [0.2, 0.25) is 0 Å². The molecule has 0 saturated carbocycles. The van der Waals surface area contributed by atoms with Crippen molar-refractivity contribution in [1.82, 2.24) is 4.90 Å². The number of benzene rings is 1. The van der Waals surface area contributed by atoms with Crippen LogP contribution < -0.4 is 0 Å². The van der Waals surface area contributed by atoms with Crippen molar-refractivity contribution in [2.75, 3.05) is 13.1 Å². The van der Waals surface area contributed by atoms with E-state index in [4.69, 9.17) is 5.11 Å². The predicted octanol–water partition coefficient (Wildman–Crippen LogP) is 3.77. The Morgan fingerprint density at radius 3 is 2.72 bits per heavy atom. The zero-order valence-electron chi connectivity index (χ0n) is 10.3. The highest BCUT2D eigenvalue weighted by atomic mass is 79.9. The van der Waals surface area contributed by atoms with E-state index >= 15 is 0 Å². The normalized spacial score (nSPS) is 16.8. The van der Waals surface area contributed by atoms with Crippen LogP contribution in [0.2, 0.25) is 0 Å². The number of likely N-dealkylation sites (tertiary alicyclic amines) is 1. The van der Waals surface area contributed by atoms with Crippen molar-refractivity contribution in [1.29, 1.82) is 0 Å². The summed E-state index contributed by atoms with van der Waals surface area (Å²) in [5.41, 5.74) is 1.35. The Bertz CT molecular complexity index is 414. The molecule has 1 aromatic carbocycles. The van der Waals surface area contributed by atoms with Gasteiger partial charge in [-0.25, -0.2) is 4.79 Å². The van der Waals surface area contributed by atoms with Gasteiger partial charge in [0.15, 0.2) is 0 Å². The van der Waals surface area contributed by atoms with Gasteiger partial charge in [0.05, 0.1) is 0 Å². The molecule has 0 aromatic heterocycles. The second-order valence-corrected chi connectivity index (χ2v) is 5.80. The summed E-state index contributed by atoms with van der Waals surface area (Å²) in [6, 6.07) is 8.41. The minimum atomic E-state index is -0.777. The number of aryl methyl sites for hydroxylation is 1. The maximum absolute atomic E-state index is 10.8. The smallest absolute Gasteiger partial charge is 0.407 e. The van der Waals surface area contributed by atoms with Gasteiger partial charge in [-0.2, -0.15) is 0 Å². The third-order valence-corrected chi connectivity index (χ3v) is 4.11. The molecule has 3 nitrogen and oxygen atoms in total. The number of hydrogen-bond acceptors (Lipinski definition) is 1. The van der Waals surface area contributed by atoms with Crippen LogP contribution in [0.5, 0.6) is 0 Å². The molecule has 1 N–H and O–H groups in total. The number of carbonyl (C=O) groups is 1. The molecule has 0 unspecified atom stereocenters. The highest BCUT2D eigenvalue weighted by Crippen LogP contribution is 2.23. The predicted molar refractivity (Wildman–Crippen MR) is 74.8 cm³/mol. The Hall–Kier alpha value is -1.03.